The van der Waals surface area contributed by atoms with Crippen LogP contribution in [-0.4, -0.2) is 23.5 Å². The zero-order valence-electron chi connectivity index (χ0n) is 11.7. The maximum absolute atomic E-state index is 9.05. The van der Waals surface area contributed by atoms with E-state index in [2.05, 4.69) is 35.1 Å². The van der Waals surface area contributed by atoms with Gasteiger partial charge in [-0.15, -0.1) is 0 Å². The molecule has 1 aromatic carbocycles. The summed E-state index contributed by atoms with van der Waals surface area (Å²) in [6.07, 6.45) is 5.11. The van der Waals surface area contributed by atoms with E-state index in [0.29, 0.717) is 6.42 Å². The molecule has 0 aliphatic carbocycles. The number of aromatic nitrogens is 1. The minimum atomic E-state index is 0.156. The summed E-state index contributed by atoms with van der Waals surface area (Å²) in [5.74, 6) is 0. The van der Waals surface area contributed by atoms with Crippen LogP contribution in [0.4, 0.5) is 0 Å². The molecule has 2 rings (SSSR count). The third kappa shape index (κ3) is 3.91. The van der Waals surface area contributed by atoms with E-state index in [4.69, 9.17) is 5.26 Å². The van der Waals surface area contributed by atoms with Crippen LogP contribution in [0.2, 0.25) is 0 Å². The Morgan fingerprint density at radius 3 is 2.50 bits per heavy atom. The Bertz CT molecular complexity index is 545. The van der Waals surface area contributed by atoms with E-state index in [1.54, 1.807) is 0 Å². The minimum Gasteiger partial charge on any atom is -0.298 e. The van der Waals surface area contributed by atoms with Gasteiger partial charge >= 0.3 is 0 Å². The van der Waals surface area contributed by atoms with Gasteiger partial charge in [-0.3, -0.25) is 9.88 Å². The standard InChI is InChI=1S/C17H19N3/c1-20(14-10-15-8-12-19-13-9-15)17(7-11-18)16-5-3-2-4-6-16/h2-6,8-9,12-13,17H,7,10,14H2,1H3. The van der Waals surface area contributed by atoms with Crippen molar-refractivity contribution in [3.05, 3.63) is 66.0 Å². The molecule has 0 fully saturated rings. The Labute approximate surface area is 120 Å². The van der Waals surface area contributed by atoms with Gasteiger partial charge in [0, 0.05) is 25.0 Å². The Kier molecular flexibility index (Phi) is 5.28. The summed E-state index contributed by atoms with van der Waals surface area (Å²) in [6.45, 7) is 0.922. The molecule has 0 aliphatic heterocycles. The lowest BCUT2D eigenvalue weighted by molar-refractivity contribution is 0.251. The highest BCUT2D eigenvalue weighted by Crippen LogP contribution is 2.22. The molecule has 3 nitrogen and oxygen atoms in total. The monoisotopic (exact) mass is 265 g/mol. The molecule has 0 bridgehead atoms. The van der Waals surface area contributed by atoms with Crippen LogP contribution in [-0.2, 0) is 6.42 Å². The molecule has 0 radical (unpaired) electrons. The van der Waals surface area contributed by atoms with Gasteiger partial charge in [0.1, 0.15) is 0 Å². The molecule has 3 heteroatoms. The average molecular weight is 265 g/mol. The Hall–Kier alpha value is -2.18. The lowest BCUT2D eigenvalue weighted by Gasteiger charge is -2.26. The van der Waals surface area contributed by atoms with Gasteiger partial charge in [-0.2, -0.15) is 5.26 Å². The van der Waals surface area contributed by atoms with Crippen molar-refractivity contribution in [1.82, 2.24) is 9.88 Å². The van der Waals surface area contributed by atoms with Crippen LogP contribution in [0.25, 0.3) is 0 Å². The summed E-state index contributed by atoms with van der Waals surface area (Å²) in [5, 5.41) is 9.05. The molecule has 0 N–H and O–H groups in total. The predicted octanol–water partition coefficient (Wildman–Crippen LogP) is 3.21. The molecule has 1 atom stereocenters. The number of likely N-dealkylation sites (N-methyl/N-ethyl adjacent to an activating group) is 1. The van der Waals surface area contributed by atoms with E-state index >= 15 is 0 Å². The maximum atomic E-state index is 9.05. The first-order chi connectivity index (χ1) is 9.81. The molecule has 0 saturated carbocycles. The minimum absolute atomic E-state index is 0.156. The van der Waals surface area contributed by atoms with Crippen molar-refractivity contribution in [2.75, 3.05) is 13.6 Å². The average Bonchev–Trinajstić information content (AvgIpc) is 2.52. The van der Waals surface area contributed by atoms with Crippen LogP contribution in [0, 0.1) is 11.3 Å². The molecular formula is C17H19N3. The van der Waals surface area contributed by atoms with Crippen LogP contribution < -0.4 is 0 Å². The van der Waals surface area contributed by atoms with Gasteiger partial charge in [-0.05, 0) is 36.7 Å². The van der Waals surface area contributed by atoms with Crippen LogP contribution >= 0.6 is 0 Å². The van der Waals surface area contributed by atoms with Gasteiger partial charge in [0.25, 0.3) is 0 Å². The summed E-state index contributed by atoms with van der Waals surface area (Å²) in [6, 6.07) is 16.8. The quantitative estimate of drug-likeness (QED) is 0.805. The summed E-state index contributed by atoms with van der Waals surface area (Å²) in [5.41, 5.74) is 2.47. The van der Waals surface area contributed by atoms with Crippen LogP contribution in [0.3, 0.4) is 0 Å². The third-order valence-corrected chi connectivity index (χ3v) is 3.50. The van der Waals surface area contributed by atoms with Crippen LogP contribution in [0.15, 0.2) is 54.9 Å². The van der Waals surface area contributed by atoms with Crippen LogP contribution in [0.5, 0.6) is 0 Å². The van der Waals surface area contributed by atoms with E-state index in [0.717, 1.165) is 13.0 Å². The molecule has 0 spiro atoms. The SMILES string of the molecule is CN(CCc1ccncc1)C(CC#N)c1ccccc1. The first-order valence-electron chi connectivity index (χ1n) is 6.82. The number of rotatable bonds is 6. The summed E-state index contributed by atoms with van der Waals surface area (Å²) in [4.78, 5) is 6.28. The Balaban J connectivity index is 2.01. The molecule has 1 unspecified atom stereocenters. The fourth-order valence-corrected chi connectivity index (χ4v) is 2.30. The number of benzene rings is 1. The predicted molar refractivity (Wildman–Crippen MR) is 80.0 cm³/mol. The van der Waals surface area contributed by atoms with Gasteiger partial charge in [-0.1, -0.05) is 30.3 Å². The Morgan fingerprint density at radius 2 is 1.85 bits per heavy atom. The van der Waals surface area contributed by atoms with Crippen molar-refractivity contribution in [3.8, 4) is 6.07 Å². The first kappa shape index (κ1) is 14.2. The first-order valence-corrected chi connectivity index (χ1v) is 6.82. The summed E-state index contributed by atoms with van der Waals surface area (Å²) < 4.78 is 0. The highest BCUT2D eigenvalue weighted by molar-refractivity contribution is 5.20. The number of hydrogen-bond donors (Lipinski definition) is 0. The summed E-state index contributed by atoms with van der Waals surface area (Å²) in [7, 11) is 2.08. The Morgan fingerprint density at radius 1 is 1.15 bits per heavy atom. The molecule has 2 aromatic rings. The van der Waals surface area contributed by atoms with Crippen LogP contribution in [0.1, 0.15) is 23.6 Å². The normalized spacial score (nSPS) is 12.1. The van der Waals surface area contributed by atoms with E-state index in [-0.39, 0.29) is 6.04 Å². The molecular weight excluding hydrogens is 246 g/mol. The largest absolute Gasteiger partial charge is 0.298 e. The maximum Gasteiger partial charge on any atom is 0.0641 e. The lowest BCUT2D eigenvalue weighted by atomic mass is 10.0. The highest BCUT2D eigenvalue weighted by Gasteiger charge is 2.16. The fourth-order valence-electron chi connectivity index (χ4n) is 2.30. The topological polar surface area (TPSA) is 39.9 Å². The third-order valence-electron chi connectivity index (χ3n) is 3.50. The zero-order valence-corrected chi connectivity index (χ0v) is 11.7. The molecule has 1 aromatic heterocycles. The lowest BCUT2D eigenvalue weighted by Crippen LogP contribution is -2.26. The van der Waals surface area contributed by atoms with E-state index in [9.17, 15) is 0 Å². The van der Waals surface area contributed by atoms with Gasteiger partial charge in [0.2, 0.25) is 0 Å². The van der Waals surface area contributed by atoms with Crippen molar-refractivity contribution in [2.45, 2.75) is 18.9 Å². The molecule has 20 heavy (non-hydrogen) atoms. The van der Waals surface area contributed by atoms with Crippen molar-refractivity contribution >= 4 is 0 Å². The fraction of sp³-hybridized carbons (Fsp3) is 0.294. The second-order valence-corrected chi connectivity index (χ2v) is 4.87. The molecule has 102 valence electrons. The van der Waals surface area contributed by atoms with E-state index in [1.807, 2.05) is 42.7 Å². The van der Waals surface area contributed by atoms with Gasteiger partial charge in [0.15, 0.2) is 0 Å². The smallest absolute Gasteiger partial charge is 0.0641 e. The van der Waals surface area contributed by atoms with Gasteiger partial charge in [0.05, 0.1) is 12.5 Å². The van der Waals surface area contributed by atoms with Crippen molar-refractivity contribution in [1.29, 1.82) is 5.26 Å². The number of hydrogen-bond acceptors (Lipinski definition) is 3. The number of nitriles is 1. The summed E-state index contributed by atoms with van der Waals surface area (Å²) >= 11 is 0. The molecule has 0 saturated heterocycles. The number of pyridine rings is 1. The molecule has 0 aliphatic rings. The van der Waals surface area contributed by atoms with Crippen molar-refractivity contribution < 1.29 is 0 Å². The molecule has 1 heterocycles. The van der Waals surface area contributed by atoms with E-state index in [1.165, 1.54) is 11.1 Å². The van der Waals surface area contributed by atoms with Crippen molar-refractivity contribution in [2.24, 2.45) is 0 Å². The number of nitrogens with zero attached hydrogens (tertiary/aromatic N) is 3. The van der Waals surface area contributed by atoms with Gasteiger partial charge in [-0.25, -0.2) is 0 Å². The molecule has 0 amide bonds. The second-order valence-electron chi connectivity index (χ2n) is 4.87. The highest BCUT2D eigenvalue weighted by atomic mass is 15.1. The van der Waals surface area contributed by atoms with Crippen molar-refractivity contribution in [3.63, 3.8) is 0 Å². The second kappa shape index (κ2) is 7.42. The zero-order chi connectivity index (χ0) is 14.2. The van der Waals surface area contributed by atoms with E-state index < -0.39 is 0 Å². The van der Waals surface area contributed by atoms with Gasteiger partial charge < -0.3 is 0 Å².